The number of aromatic nitrogens is 2. The molecule has 2 atom stereocenters. The molecule has 1 aliphatic rings. The number of rotatable bonds is 1. The molecule has 1 unspecified atom stereocenters. The first-order valence-electron chi connectivity index (χ1n) is 3.84. The first-order valence-corrected chi connectivity index (χ1v) is 3.84. The first-order chi connectivity index (χ1) is 5.29. The van der Waals surface area contributed by atoms with E-state index in [4.69, 9.17) is 5.73 Å². The molecule has 0 amide bonds. The fourth-order valence-corrected chi connectivity index (χ4v) is 1.39. The maximum atomic E-state index is 5.67. The molecule has 0 bridgehead atoms. The highest BCUT2D eigenvalue weighted by Gasteiger charge is 2.35. The lowest BCUT2D eigenvalue weighted by Crippen LogP contribution is -1.97. The summed E-state index contributed by atoms with van der Waals surface area (Å²) < 4.78 is 0. The van der Waals surface area contributed by atoms with Crippen molar-refractivity contribution in [2.75, 3.05) is 5.73 Å². The SMILES string of the molecule is CC1C[C@H]1c1cncnc1N. The van der Waals surface area contributed by atoms with Gasteiger partial charge in [0.25, 0.3) is 0 Å². The van der Waals surface area contributed by atoms with E-state index in [1.54, 1.807) is 0 Å². The minimum absolute atomic E-state index is 0.621. The van der Waals surface area contributed by atoms with Gasteiger partial charge in [-0.25, -0.2) is 9.97 Å². The van der Waals surface area contributed by atoms with E-state index in [1.165, 1.54) is 12.7 Å². The molecule has 1 saturated carbocycles. The van der Waals surface area contributed by atoms with Crippen molar-refractivity contribution in [3.05, 3.63) is 18.1 Å². The summed E-state index contributed by atoms with van der Waals surface area (Å²) in [6, 6.07) is 0. The van der Waals surface area contributed by atoms with Gasteiger partial charge in [-0.1, -0.05) is 6.92 Å². The molecule has 1 aromatic heterocycles. The Bertz CT molecular complexity index is 272. The lowest BCUT2D eigenvalue weighted by molar-refractivity contribution is 0.903. The zero-order valence-corrected chi connectivity index (χ0v) is 6.49. The van der Waals surface area contributed by atoms with Crippen molar-refractivity contribution in [2.24, 2.45) is 5.92 Å². The Labute approximate surface area is 65.7 Å². The molecule has 0 aromatic carbocycles. The van der Waals surface area contributed by atoms with Crippen molar-refractivity contribution in [2.45, 2.75) is 19.3 Å². The summed E-state index contributed by atoms with van der Waals surface area (Å²) >= 11 is 0. The van der Waals surface area contributed by atoms with Crippen LogP contribution in [0.2, 0.25) is 0 Å². The second-order valence-corrected chi connectivity index (χ2v) is 3.18. The van der Waals surface area contributed by atoms with Crippen molar-refractivity contribution < 1.29 is 0 Å². The number of anilines is 1. The molecule has 2 rings (SSSR count). The minimum atomic E-state index is 0.621. The van der Waals surface area contributed by atoms with Crippen molar-refractivity contribution in [3.8, 4) is 0 Å². The third kappa shape index (κ3) is 1.06. The van der Waals surface area contributed by atoms with E-state index in [1.807, 2.05) is 6.20 Å². The molecule has 0 radical (unpaired) electrons. The van der Waals surface area contributed by atoms with Crippen molar-refractivity contribution in [1.82, 2.24) is 9.97 Å². The number of hydrogen-bond acceptors (Lipinski definition) is 3. The van der Waals surface area contributed by atoms with Gasteiger partial charge in [0.1, 0.15) is 12.1 Å². The van der Waals surface area contributed by atoms with Crippen LogP contribution in [-0.4, -0.2) is 9.97 Å². The van der Waals surface area contributed by atoms with E-state index >= 15 is 0 Å². The van der Waals surface area contributed by atoms with Gasteiger partial charge in [-0.05, 0) is 18.3 Å². The molecule has 3 heteroatoms. The van der Waals surface area contributed by atoms with Crippen molar-refractivity contribution >= 4 is 5.82 Å². The molecule has 11 heavy (non-hydrogen) atoms. The Morgan fingerprint density at radius 3 is 2.91 bits per heavy atom. The normalized spacial score (nSPS) is 28.5. The van der Waals surface area contributed by atoms with E-state index in [0.29, 0.717) is 11.7 Å². The predicted molar refractivity (Wildman–Crippen MR) is 43.0 cm³/mol. The fraction of sp³-hybridized carbons (Fsp3) is 0.500. The van der Waals surface area contributed by atoms with Crippen LogP contribution in [0, 0.1) is 5.92 Å². The maximum absolute atomic E-state index is 5.67. The Hall–Kier alpha value is -1.12. The summed E-state index contributed by atoms with van der Waals surface area (Å²) in [4.78, 5) is 7.89. The molecular weight excluding hydrogens is 138 g/mol. The molecule has 1 aromatic rings. The minimum Gasteiger partial charge on any atom is -0.383 e. The van der Waals surface area contributed by atoms with Gasteiger partial charge in [-0.2, -0.15) is 0 Å². The van der Waals surface area contributed by atoms with E-state index in [2.05, 4.69) is 16.9 Å². The van der Waals surface area contributed by atoms with Crippen LogP contribution in [0.25, 0.3) is 0 Å². The summed E-state index contributed by atoms with van der Waals surface area (Å²) in [6.45, 7) is 2.22. The first kappa shape index (κ1) is 6.58. The lowest BCUT2D eigenvalue weighted by Gasteiger charge is -1.99. The molecule has 1 aliphatic carbocycles. The molecule has 1 heterocycles. The van der Waals surface area contributed by atoms with Gasteiger partial charge in [-0.3, -0.25) is 0 Å². The van der Waals surface area contributed by atoms with Crippen LogP contribution in [0.15, 0.2) is 12.5 Å². The van der Waals surface area contributed by atoms with Crippen LogP contribution >= 0.6 is 0 Å². The Morgan fingerprint density at radius 1 is 1.64 bits per heavy atom. The highest BCUT2D eigenvalue weighted by molar-refractivity contribution is 5.42. The Balaban J connectivity index is 2.31. The molecule has 0 aliphatic heterocycles. The highest BCUT2D eigenvalue weighted by Crippen LogP contribution is 2.47. The van der Waals surface area contributed by atoms with Gasteiger partial charge in [0.05, 0.1) is 0 Å². The van der Waals surface area contributed by atoms with Crippen molar-refractivity contribution in [1.29, 1.82) is 0 Å². The smallest absolute Gasteiger partial charge is 0.130 e. The van der Waals surface area contributed by atoms with Gasteiger partial charge < -0.3 is 5.73 Å². The predicted octanol–water partition coefficient (Wildman–Crippen LogP) is 1.18. The van der Waals surface area contributed by atoms with E-state index in [0.717, 1.165) is 11.5 Å². The number of nitrogens with zero attached hydrogens (tertiary/aromatic N) is 2. The summed E-state index contributed by atoms with van der Waals surface area (Å²) in [5, 5.41) is 0. The Morgan fingerprint density at radius 2 is 2.36 bits per heavy atom. The second kappa shape index (κ2) is 2.19. The molecule has 0 spiro atoms. The van der Waals surface area contributed by atoms with Crippen LogP contribution in [0.5, 0.6) is 0 Å². The molecule has 58 valence electrons. The van der Waals surface area contributed by atoms with E-state index in [9.17, 15) is 0 Å². The summed E-state index contributed by atoms with van der Waals surface area (Å²) in [6.07, 6.45) is 4.56. The second-order valence-electron chi connectivity index (χ2n) is 3.18. The maximum Gasteiger partial charge on any atom is 0.130 e. The molecule has 1 fully saturated rings. The summed E-state index contributed by atoms with van der Waals surface area (Å²) in [5.74, 6) is 2.04. The zero-order chi connectivity index (χ0) is 7.84. The van der Waals surface area contributed by atoms with Gasteiger partial charge in [0, 0.05) is 11.8 Å². The van der Waals surface area contributed by atoms with Crippen LogP contribution in [0.1, 0.15) is 24.8 Å². The lowest BCUT2D eigenvalue weighted by atomic mass is 10.2. The average Bonchev–Trinajstić information content (AvgIpc) is 2.68. The quantitative estimate of drug-likeness (QED) is 0.652. The molecule has 2 N–H and O–H groups in total. The zero-order valence-electron chi connectivity index (χ0n) is 6.49. The number of hydrogen-bond donors (Lipinski definition) is 1. The number of nitrogens with two attached hydrogens (primary N) is 1. The van der Waals surface area contributed by atoms with Crippen LogP contribution in [0.3, 0.4) is 0 Å². The van der Waals surface area contributed by atoms with E-state index in [-0.39, 0.29) is 0 Å². The fourth-order valence-electron chi connectivity index (χ4n) is 1.39. The van der Waals surface area contributed by atoms with Crippen molar-refractivity contribution in [3.63, 3.8) is 0 Å². The monoisotopic (exact) mass is 149 g/mol. The third-order valence-corrected chi connectivity index (χ3v) is 2.28. The summed E-state index contributed by atoms with van der Waals surface area (Å²) in [5.41, 5.74) is 6.80. The van der Waals surface area contributed by atoms with Gasteiger partial charge in [-0.15, -0.1) is 0 Å². The standard InChI is InChI=1S/C8H11N3/c1-5-2-6(5)7-3-10-4-11-8(7)9/h3-6H,2H2,1H3,(H2,9,10,11)/t5?,6-/m1/s1. The average molecular weight is 149 g/mol. The summed E-state index contributed by atoms with van der Waals surface area (Å²) in [7, 11) is 0. The number of nitrogen functional groups attached to an aromatic ring is 1. The highest BCUT2D eigenvalue weighted by atomic mass is 14.9. The van der Waals surface area contributed by atoms with Gasteiger partial charge >= 0.3 is 0 Å². The molecular formula is C8H11N3. The van der Waals surface area contributed by atoms with Crippen LogP contribution < -0.4 is 5.73 Å². The Kier molecular flexibility index (Phi) is 1.31. The molecule has 3 nitrogen and oxygen atoms in total. The third-order valence-electron chi connectivity index (χ3n) is 2.28. The topological polar surface area (TPSA) is 51.8 Å². The van der Waals surface area contributed by atoms with E-state index < -0.39 is 0 Å². The largest absolute Gasteiger partial charge is 0.383 e. The van der Waals surface area contributed by atoms with Crippen LogP contribution in [0.4, 0.5) is 5.82 Å². The molecule has 0 saturated heterocycles. The van der Waals surface area contributed by atoms with Crippen LogP contribution in [-0.2, 0) is 0 Å². The van der Waals surface area contributed by atoms with Gasteiger partial charge in [0.15, 0.2) is 0 Å². The van der Waals surface area contributed by atoms with Gasteiger partial charge in [0.2, 0.25) is 0 Å².